The quantitative estimate of drug-likeness (QED) is 0.222. The number of thioether (sulfide) groups is 1. The number of benzene rings is 2. The molecule has 2 aromatic heterocycles. The van der Waals surface area contributed by atoms with Gasteiger partial charge in [-0.1, -0.05) is 11.8 Å². The Balaban J connectivity index is 1.58. The van der Waals surface area contributed by atoms with Crippen molar-refractivity contribution in [2.45, 2.75) is 5.16 Å². The lowest BCUT2D eigenvalue weighted by Crippen LogP contribution is -2.15. The molecule has 0 aliphatic carbocycles. The Kier molecular flexibility index (Phi) is 6.99. The van der Waals surface area contributed by atoms with Crippen LogP contribution in [0.1, 0.15) is 5.56 Å². The number of nitro benzene ring substituents is 1. The van der Waals surface area contributed by atoms with Crippen LogP contribution >= 0.6 is 11.8 Å². The topological polar surface area (TPSA) is 149 Å². The summed E-state index contributed by atoms with van der Waals surface area (Å²) in [5, 5.41) is 31.9. The lowest BCUT2D eigenvalue weighted by molar-refractivity contribution is -0.384. The van der Waals surface area contributed by atoms with Gasteiger partial charge in [-0.3, -0.25) is 24.5 Å². The van der Waals surface area contributed by atoms with Gasteiger partial charge < -0.3 is 10.1 Å². The van der Waals surface area contributed by atoms with Gasteiger partial charge in [0.2, 0.25) is 5.91 Å². The molecule has 1 amide bonds. The number of non-ortho nitro benzene ring substituents is 1. The normalized spacial score (nSPS) is 10.4. The first-order chi connectivity index (χ1) is 17.0. The molecular formula is C23H17N7O4S. The highest BCUT2D eigenvalue weighted by Crippen LogP contribution is 2.29. The van der Waals surface area contributed by atoms with E-state index in [0.717, 1.165) is 29.1 Å². The molecule has 0 saturated carbocycles. The van der Waals surface area contributed by atoms with Crippen molar-refractivity contribution in [2.24, 2.45) is 0 Å². The monoisotopic (exact) mass is 487 g/mol. The molecule has 0 unspecified atom stereocenters. The SMILES string of the molecule is COc1ccc(-n2c(SCC(=O)Nc3ccc([N+](=O)[O-])cc3C#N)nnc2-c2ccncc2)cc1. The molecule has 4 rings (SSSR count). The number of rotatable bonds is 8. The van der Waals surface area contributed by atoms with E-state index in [1.165, 1.54) is 12.1 Å². The van der Waals surface area contributed by atoms with Crippen LogP contribution in [-0.4, -0.2) is 43.4 Å². The number of hydrogen-bond acceptors (Lipinski definition) is 9. The van der Waals surface area contributed by atoms with Crippen LogP contribution in [0.3, 0.4) is 0 Å². The number of carbonyl (C=O) groups excluding carboxylic acids is 1. The molecule has 35 heavy (non-hydrogen) atoms. The van der Waals surface area contributed by atoms with E-state index in [9.17, 15) is 20.2 Å². The van der Waals surface area contributed by atoms with Gasteiger partial charge in [-0.05, 0) is 42.5 Å². The molecule has 0 saturated heterocycles. The number of nitro groups is 1. The molecule has 0 atom stereocenters. The summed E-state index contributed by atoms with van der Waals surface area (Å²) in [6, 6.07) is 16.5. The van der Waals surface area contributed by atoms with Crippen molar-refractivity contribution >= 4 is 29.0 Å². The molecule has 4 aromatic rings. The summed E-state index contributed by atoms with van der Waals surface area (Å²) in [5.41, 5.74) is 1.53. The van der Waals surface area contributed by atoms with Gasteiger partial charge in [0.1, 0.15) is 11.8 Å². The van der Waals surface area contributed by atoms with E-state index in [2.05, 4.69) is 20.5 Å². The van der Waals surface area contributed by atoms with Gasteiger partial charge in [-0.15, -0.1) is 10.2 Å². The average Bonchev–Trinajstić information content (AvgIpc) is 3.32. The van der Waals surface area contributed by atoms with Crippen molar-refractivity contribution in [2.75, 3.05) is 18.2 Å². The third kappa shape index (κ3) is 5.26. The number of ether oxygens (including phenoxy) is 1. The Morgan fingerprint density at radius 2 is 1.91 bits per heavy atom. The molecule has 1 N–H and O–H groups in total. The maximum absolute atomic E-state index is 12.6. The van der Waals surface area contributed by atoms with Gasteiger partial charge >= 0.3 is 0 Å². The van der Waals surface area contributed by atoms with Gasteiger partial charge in [-0.2, -0.15) is 5.26 Å². The fourth-order valence-corrected chi connectivity index (χ4v) is 3.93. The molecule has 11 nitrogen and oxygen atoms in total. The van der Waals surface area contributed by atoms with Crippen molar-refractivity contribution in [3.05, 3.63) is 82.7 Å². The number of amides is 1. The minimum atomic E-state index is -0.603. The van der Waals surface area contributed by atoms with Crippen LogP contribution in [0.5, 0.6) is 5.75 Å². The van der Waals surface area contributed by atoms with Crippen LogP contribution in [-0.2, 0) is 4.79 Å². The Labute approximate surface area is 203 Å². The lowest BCUT2D eigenvalue weighted by atomic mass is 10.1. The number of aromatic nitrogens is 4. The summed E-state index contributed by atoms with van der Waals surface area (Å²) < 4.78 is 7.06. The zero-order valence-electron chi connectivity index (χ0n) is 18.3. The van der Waals surface area contributed by atoms with E-state index in [1.807, 2.05) is 47.0 Å². The maximum atomic E-state index is 12.6. The summed E-state index contributed by atoms with van der Waals surface area (Å²) in [4.78, 5) is 27.0. The van der Waals surface area contributed by atoms with Crippen molar-refractivity contribution in [1.29, 1.82) is 5.26 Å². The summed E-state index contributed by atoms with van der Waals surface area (Å²) in [5.74, 6) is 0.821. The molecule has 2 heterocycles. The summed E-state index contributed by atoms with van der Waals surface area (Å²) in [6.45, 7) is 0. The van der Waals surface area contributed by atoms with E-state index >= 15 is 0 Å². The molecule has 0 fully saturated rings. The van der Waals surface area contributed by atoms with Gasteiger partial charge in [0.25, 0.3) is 5.69 Å². The fourth-order valence-electron chi connectivity index (χ4n) is 3.18. The zero-order chi connectivity index (χ0) is 24.8. The number of nitrogens with zero attached hydrogens (tertiary/aromatic N) is 6. The highest BCUT2D eigenvalue weighted by Gasteiger charge is 2.18. The predicted octanol–water partition coefficient (Wildman–Crippen LogP) is 3.85. The lowest BCUT2D eigenvalue weighted by Gasteiger charge is -2.11. The Morgan fingerprint density at radius 1 is 1.17 bits per heavy atom. The predicted molar refractivity (Wildman–Crippen MR) is 128 cm³/mol. The number of hydrogen-bond donors (Lipinski definition) is 1. The minimum absolute atomic E-state index is 0.000997. The summed E-state index contributed by atoms with van der Waals surface area (Å²) in [7, 11) is 1.58. The number of nitriles is 1. The van der Waals surface area contributed by atoms with Gasteiger partial charge in [-0.25, -0.2) is 0 Å². The molecule has 0 radical (unpaired) electrons. The third-order valence-corrected chi connectivity index (χ3v) is 5.77. The molecule has 0 spiro atoms. The van der Waals surface area contributed by atoms with Gasteiger partial charge in [0.15, 0.2) is 11.0 Å². The molecule has 2 aromatic carbocycles. The number of anilines is 1. The number of nitrogens with one attached hydrogen (secondary N) is 1. The second-order valence-corrected chi connectivity index (χ2v) is 7.95. The molecule has 0 bridgehead atoms. The summed E-state index contributed by atoms with van der Waals surface area (Å²) in [6.07, 6.45) is 3.30. The van der Waals surface area contributed by atoms with E-state index in [-0.39, 0.29) is 22.7 Å². The van der Waals surface area contributed by atoms with E-state index in [4.69, 9.17) is 4.74 Å². The number of pyridine rings is 1. The van der Waals surface area contributed by atoms with Crippen LogP contribution in [0.25, 0.3) is 17.1 Å². The van der Waals surface area contributed by atoms with Crippen molar-refractivity contribution in [3.8, 4) is 28.9 Å². The van der Waals surface area contributed by atoms with Crippen molar-refractivity contribution < 1.29 is 14.5 Å². The highest BCUT2D eigenvalue weighted by molar-refractivity contribution is 7.99. The molecule has 12 heteroatoms. The Bertz CT molecular complexity index is 1420. The average molecular weight is 488 g/mol. The van der Waals surface area contributed by atoms with Gasteiger partial charge in [0.05, 0.1) is 29.0 Å². The molecule has 0 aliphatic rings. The number of carbonyl (C=O) groups is 1. The van der Waals surface area contributed by atoms with Crippen LogP contribution in [0.4, 0.5) is 11.4 Å². The Hall–Kier alpha value is -4.76. The van der Waals surface area contributed by atoms with Crippen LogP contribution in [0.15, 0.2) is 72.1 Å². The van der Waals surface area contributed by atoms with Crippen molar-refractivity contribution in [1.82, 2.24) is 19.7 Å². The van der Waals surface area contributed by atoms with E-state index in [0.29, 0.717) is 16.7 Å². The first-order valence-electron chi connectivity index (χ1n) is 10.1. The fraction of sp³-hybridized carbons (Fsp3) is 0.0870. The van der Waals surface area contributed by atoms with Crippen LogP contribution in [0, 0.1) is 21.4 Å². The first-order valence-corrected chi connectivity index (χ1v) is 11.1. The van der Waals surface area contributed by atoms with E-state index < -0.39 is 10.8 Å². The smallest absolute Gasteiger partial charge is 0.270 e. The second kappa shape index (κ2) is 10.4. The van der Waals surface area contributed by atoms with E-state index in [1.54, 1.807) is 19.5 Å². The van der Waals surface area contributed by atoms with Gasteiger partial charge in [0, 0.05) is 35.8 Å². The summed E-state index contributed by atoms with van der Waals surface area (Å²) >= 11 is 1.16. The minimum Gasteiger partial charge on any atom is -0.497 e. The van der Waals surface area contributed by atoms with Crippen LogP contribution in [0.2, 0.25) is 0 Å². The second-order valence-electron chi connectivity index (χ2n) is 7.01. The maximum Gasteiger partial charge on any atom is 0.270 e. The highest BCUT2D eigenvalue weighted by atomic mass is 32.2. The molecular weight excluding hydrogens is 470 g/mol. The van der Waals surface area contributed by atoms with Crippen LogP contribution < -0.4 is 10.1 Å². The third-order valence-electron chi connectivity index (χ3n) is 4.84. The standard InChI is InChI=1S/C23H17N7O4S/c1-34-19-5-2-17(3-6-19)29-22(15-8-10-25-11-9-15)27-28-23(29)35-14-21(31)26-20-7-4-18(30(32)33)12-16(20)13-24/h2-12H,14H2,1H3,(H,26,31). The van der Waals surface area contributed by atoms with Crippen molar-refractivity contribution in [3.63, 3.8) is 0 Å². The largest absolute Gasteiger partial charge is 0.497 e. The number of methoxy groups -OCH3 is 1. The molecule has 0 aliphatic heterocycles. The Morgan fingerprint density at radius 3 is 2.57 bits per heavy atom. The zero-order valence-corrected chi connectivity index (χ0v) is 19.1. The first kappa shape index (κ1) is 23.4. The molecule has 174 valence electrons.